The Hall–Kier alpha value is -2.40. The number of para-hydroxylation sites is 1. The van der Waals surface area contributed by atoms with Gasteiger partial charge in [-0.2, -0.15) is 4.98 Å². The zero-order valence-corrected chi connectivity index (χ0v) is 14.9. The average Bonchev–Trinajstić information content (AvgIpc) is 3.21. The third-order valence-electron chi connectivity index (χ3n) is 2.57. The topological polar surface area (TPSA) is 51.0 Å². The predicted molar refractivity (Wildman–Crippen MR) is 102 cm³/mol. The van der Waals surface area contributed by atoms with E-state index in [-0.39, 0.29) is 0 Å². The molecular weight excluding hydrogens is 306 g/mol. The van der Waals surface area contributed by atoms with E-state index in [0.29, 0.717) is 17.5 Å². The number of anilines is 2. The van der Waals surface area contributed by atoms with Gasteiger partial charge in [-0.15, -0.1) is 0 Å². The summed E-state index contributed by atoms with van der Waals surface area (Å²) < 4.78 is 6.63. The third-order valence-corrected chi connectivity index (χ3v) is 3.52. The SMILES string of the molecule is C=Cc1nc(Nc2nc3ccccc3s2)oc1C=C.CC.CC. The van der Waals surface area contributed by atoms with E-state index < -0.39 is 0 Å². The summed E-state index contributed by atoms with van der Waals surface area (Å²) in [5.74, 6) is 0.596. The van der Waals surface area contributed by atoms with Crippen molar-refractivity contribution >= 4 is 44.9 Å². The van der Waals surface area contributed by atoms with Crippen LogP contribution < -0.4 is 5.32 Å². The van der Waals surface area contributed by atoms with Gasteiger partial charge in [0.2, 0.25) is 0 Å². The van der Waals surface area contributed by atoms with Crippen LogP contribution in [0.25, 0.3) is 22.4 Å². The lowest BCUT2D eigenvalue weighted by Gasteiger charge is -1.93. The molecule has 2 heterocycles. The van der Waals surface area contributed by atoms with E-state index in [4.69, 9.17) is 4.42 Å². The second kappa shape index (κ2) is 9.58. The highest BCUT2D eigenvalue weighted by Gasteiger charge is 2.10. The lowest BCUT2D eigenvalue weighted by molar-refractivity contribution is 0.567. The molecule has 5 heteroatoms. The standard InChI is InChI=1S/C14H11N3OS.2C2H6/c1-3-9-11(4-2)18-13(15-9)17-14-16-10-7-5-6-8-12(10)19-14;2*1-2/h3-8H,1-2H2,(H,15,16,17);2*1-2H3. The van der Waals surface area contributed by atoms with Crippen molar-refractivity contribution in [2.45, 2.75) is 27.7 Å². The minimum Gasteiger partial charge on any atom is -0.423 e. The van der Waals surface area contributed by atoms with Crippen molar-refractivity contribution in [2.24, 2.45) is 0 Å². The Bertz CT molecular complexity index is 700. The minimum atomic E-state index is 0.392. The fraction of sp³-hybridized carbons (Fsp3) is 0.222. The van der Waals surface area contributed by atoms with Crippen molar-refractivity contribution in [1.29, 1.82) is 0 Å². The highest BCUT2D eigenvalue weighted by molar-refractivity contribution is 7.22. The van der Waals surface area contributed by atoms with Crippen molar-refractivity contribution in [2.75, 3.05) is 5.32 Å². The molecule has 1 N–H and O–H groups in total. The first-order valence-electron chi connectivity index (χ1n) is 7.68. The minimum absolute atomic E-state index is 0.392. The van der Waals surface area contributed by atoms with Gasteiger partial charge < -0.3 is 4.42 Å². The Kier molecular flexibility index (Phi) is 7.77. The molecule has 0 radical (unpaired) electrons. The average molecular weight is 329 g/mol. The molecule has 2 aromatic heterocycles. The molecule has 0 atom stereocenters. The van der Waals surface area contributed by atoms with Crippen LogP contribution in [-0.4, -0.2) is 9.97 Å². The smallest absolute Gasteiger partial charge is 0.302 e. The number of aromatic nitrogens is 2. The molecule has 0 aliphatic rings. The van der Waals surface area contributed by atoms with Gasteiger partial charge in [0.25, 0.3) is 0 Å². The van der Waals surface area contributed by atoms with Gasteiger partial charge in [-0.1, -0.05) is 64.3 Å². The molecule has 0 amide bonds. The van der Waals surface area contributed by atoms with Gasteiger partial charge in [0.05, 0.1) is 10.2 Å². The van der Waals surface area contributed by atoms with E-state index in [9.17, 15) is 0 Å². The Morgan fingerprint density at radius 1 is 1.04 bits per heavy atom. The number of oxazole rings is 1. The molecule has 0 bridgehead atoms. The summed E-state index contributed by atoms with van der Waals surface area (Å²) in [5.41, 5.74) is 1.62. The Morgan fingerprint density at radius 2 is 1.74 bits per heavy atom. The lowest BCUT2D eigenvalue weighted by Crippen LogP contribution is -1.88. The summed E-state index contributed by atoms with van der Waals surface area (Å²) in [7, 11) is 0. The molecule has 0 spiro atoms. The molecule has 1 aromatic carbocycles. The van der Waals surface area contributed by atoms with Crippen LogP contribution in [0.3, 0.4) is 0 Å². The summed E-state index contributed by atoms with van der Waals surface area (Å²) in [6, 6.07) is 8.34. The number of hydrogen-bond acceptors (Lipinski definition) is 5. The van der Waals surface area contributed by atoms with Gasteiger partial charge in [0, 0.05) is 0 Å². The van der Waals surface area contributed by atoms with Gasteiger partial charge in [-0.25, -0.2) is 4.98 Å². The number of fused-ring (bicyclic) bond motifs is 1. The molecule has 0 unspecified atom stereocenters. The number of rotatable bonds is 4. The normalized spacial score (nSPS) is 9.22. The monoisotopic (exact) mass is 329 g/mol. The maximum Gasteiger partial charge on any atom is 0.302 e. The number of hydrogen-bond donors (Lipinski definition) is 1. The van der Waals surface area contributed by atoms with E-state index in [1.165, 1.54) is 0 Å². The van der Waals surface area contributed by atoms with Crippen LogP contribution >= 0.6 is 11.3 Å². The van der Waals surface area contributed by atoms with E-state index in [1.807, 2.05) is 52.0 Å². The third kappa shape index (κ3) is 4.53. The number of nitrogens with zero attached hydrogens (tertiary/aromatic N) is 2. The van der Waals surface area contributed by atoms with Crippen molar-refractivity contribution in [3.8, 4) is 0 Å². The molecule has 0 saturated heterocycles. The zero-order valence-electron chi connectivity index (χ0n) is 14.1. The second-order valence-electron chi connectivity index (χ2n) is 3.79. The number of nitrogens with one attached hydrogen (secondary N) is 1. The Morgan fingerprint density at radius 3 is 2.30 bits per heavy atom. The number of benzene rings is 1. The first-order chi connectivity index (χ1) is 11.3. The fourth-order valence-corrected chi connectivity index (χ4v) is 2.56. The second-order valence-corrected chi connectivity index (χ2v) is 4.82. The van der Waals surface area contributed by atoms with Gasteiger partial charge in [-0.05, 0) is 24.3 Å². The van der Waals surface area contributed by atoms with E-state index in [1.54, 1.807) is 23.5 Å². The maximum atomic E-state index is 5.51. The first kappa shape index (κ1) is 18.6. The van der Waals surface area contributed by atoms with Crippen LogP contribution in [0.1, 0.15) is 39.1 Å². The molecule has 0 fully saturated rings. The van der Waals surface area contributed by atoms with Gasteiger partial charge >= 0.3 is 6.01 Å². The molecule has 0 aliphatic carbocycles. The Balaban J connectivity index is 0.000000615. The molecule has 122 valence electrons. The van der Waals surface area contributed by atoms with Crippen molar-refractivity contribution < 1.29 is 4.42 Å². The molecule has 0 saturated carbocycles. The summed E-state index contributed by atoms with van der Waals surface area (Å²) in [5, 5.41) is 3.80. The molecule has 23 heavy (non-hydrogen) atoms. The molecule has 0 aliphatic heterocycles. The van der Waals surface area contributed by atoms with E-state index in [2.05, 4.69) is 28.4 Å². The van der Waals surface area contributed by atoms with Crippen LogP contribution in [0.15, 0.2) is 41.8 Å². The maximum absolute atomic E-state index is 5.51. The zero-order chi connectivity index (χ0) is 17.2. The molecule has 3 rings (SSSR count). The Labute approximate surface area is 141 Å². The van der Waals surface area contributed by atoms with Gasteiger partial charge in [-0.3, -0.25) is 5.32 Å². The molecule has 4 nitrogen and oxygen atoms in total. The quantitative estimate of drug-likeness (QED) is 0.604. The predicted octanol–water partition coefficient (Wildman–Crippen LogP) is 6.37. The van der Waals surface area contributed by atoms with Gasteiger partial charge in [0.1, 0.15) is 5.69 Å². The highest BCUT2D eigenvalue weighted by atomic mass is 32.1. The van der Waals surface area contributed by atoms with Gasteiger partial charge in [0.15, 0.2) is 10.9 Å². The van der Waals surface area contributed by atoms with Crippen molar-refractivity contribution in [1.82, 2.24) is 9.97 Å². The highest BCUT2D eigenvalue weighted by Crippen LogP contribution is 2.28. The summed E-state index contributed by atoms with van der Waals surface area (Å²) in [4.78, 5) is 8.72. The van der Waals surface area contributed by atoms with Crippen LogP contribution in [0, 0.1) is 0 Å². The van der Waals surface area contributed by atoms with Crippen molar-refractivity contribution in [3.05, 3.63) is 48.9 Å². The van der Waals surface area contributed by atoms with Crippen LogP contribution in [-0.2, 0) is 0 Å². The lowest BCUT2D eigenvalue weighted by atomic mass is 10.3. The van der Waals surface area contributed by atoms with Crippen LogP contribution in [0.2, 0.25) is 0 Å². The van der Waals surface area contributed by atoms with Crippen LogP contribution in [0.4, 0.5) is 11.1 Å². The largest absolute Gasteiger partial charge is 0.423 e. The van der Waals surface area contributed by atoms with E-state index >= 15 is 0 Å². The van der Waals surface area contributed by atoms with Crippen molar-refractivity contribution in [3.63, 3.8) is 0 Å². The fourth-order valence-electron chi connectivity index (χ4n) is 1.71. The first-order valence-corrected chi connectivity index (χ1v) is 8.50. The summed E-state index contributed by atoms with van der Waals surface area (Å²) in [6.07, 6.45) is 3.23. The summed E-state index contributed by atoms with van der Waals surface area (Å²) in [6.45, 7) is 15.4. The number of thiazole rings is 1. The van der Waals surface area contributed by atoms with Crippen LogP contribution in [0.5, 0.6) is 0 Å². The molecular formula is C18H23N3OS. The molecule has 3 aromatic rings. The summed E-state index contributed by atoms with van der Waals surface area (Å²) >= 11 is 1.55. The van der Waals surface area contributed by atoms with E-state index in [0.717, 1.165) is 15.3 Å².